The molecule has 5 heteroatoms. The van der Waals surface area contributed by atoms with E-state index in [1.54, 1.807) is 24.3 Å². The van der Waals surface area contributed by atoms with E-state index in [9.17, 15) is 4.39 Å². The van der Waals surface area contributed by atoms with E-state index >= 15 is 0 Å². The van der Waals surface area contributed by atoms with Crippen LogP contribution in [0.2, 0.25) is 10.0 Å². The Morgan fingerprint density at radius 2 is 1.83 bits per heavy atom. The van der Waals surface area contributed by atoms with Gasteiger partial charge in [-0.05, 0) is 36.4 Å². The molecule has 1 N–H and O–H groups in total. The summed E-state index contributed by atoms with van der Waals surface area (Å²) < 4.78 is 13.2. The molecular formula is C13H7Cl2FN2. The minimum atomic E-state index is -0.453. The molecule has 18 heavy (non-hydrogen) atoms. The lowest BCUT2D eigenvalue weighted by molar-refractivity contribution is 0.628. The molecule has 0 unspecified atom stereocenters. The summed E-state index contributed by atoms with van der Waals surface area (Å²) in [4.78, 5) is 0. The first kappa shape index (κ1) is 12.7. The van der Waals surface area contributed by atoms with E-state index in [1.165, 1.54) is 12.1 Å². The second kappa shape index (κ2) is 5.26. The van der Waals surface area contributed by atoms with Gasteiger partial charge in [0.05, 0.1) is 11.3 Å². The summed E-state index contributed by atoms with van der Waals surface area (Å²) in [5.74, 6) is -0.453. The largest absolute Gasteiger partial charge is 0.354 e. The minimum Gasteiger partial charge on any atom is -0.354 e. The molecule has 0 aromatic heterocycles. The normalized spacial score (nSPS) is 9.89. The Morgan fingerprint density at radius 1 is 1.06 bits per heavy atom. The number of benzene rings is 2. The average Bonchev–Trinajstić information content (AvgIpc) is 2.27. The Morgan fingerprint density at radius 3 is 2.50 bits per heavy atom. The first-order chi connectivity index (χ1) is 8.58. The van der Waals surface area contributed by atoms with Crippen molar-refractivity contribution in [3.05, 3.63) is 57.8 Å². The van der Waals surface area contributed by atoms with Crippen molar-refractivity contribution in [3.8, 4) is 6.07 Å². The van der Waals surface area contributed by atoms with E-state index in [0.29, 0.717) is 22.0 Å². The van der Waals surface area contributed by atoms with E-state index < -0.39 is 5.82 Å². The number of hydrogen-bond donors (Lipinski definition) is 1. The SMILES string of the molecule is N#Cc1ccc(Cl)cc1Nc1cc(F)cc(Cl)c1. The summed E-state index contributed by atoms with van der Waals surface area (Å²) in [6.45, 7) is 0. The maximum atomic E-state index is 13.2. The molecule has 0 spiro atoms. The van der Waals surface area contributed by atoms with Crippen LogP contribution in [0, 0.1) is 17.1 Å². The van der Waals surface area contributed by atoms with Gasteiger partial charge >= 0.3 is 0 Å². The monoisotopic (exact) mass is 280 g/mol. The van der Waals surface area contributed by atoms with Crippen LogP contribution < -0.4 is 5.32 Å². The zero-order chi connectivity index (χ0) is 13.1. The van der Waals surface area contributed by atoms with Crippen molar-refractivity contribution >= 4 is 34.6 Å². The lowest BCUT2D eigenvalue weighted by Gasteiger charge is -2.09. The van der Waals surface area contributed by atoms with E-state index in [2.05, 4.69) is 5.32 Å². The topological polar surface area (TPSA) is 35.8 Å². The fraction of sp³-hybridized carbons (Fsp3) is 0. The summed E-state index contributed by atoms with van der Waals surface area (Å²) in [6, 6.07) is 10.9. The predicted molar refractivity (Wildman–Crippen MR) is 70.9 cm³/mol. The van der Waals surface area contributed by atoms with Crippen molar-refractivity contribution < 1.29 is 4.39 Å². The molecule has 2 aromatic carbocycles. The lowest BCUT2D eigenvalue weighted by atomic mass is 10.2. The molecule has 0 saturated heterocycles. The Labute approximate surface area is 114 Å². The molecule has 2 aromatic rings. The third-order valence-corrected chi connectivity index (χ3v) is 2.70. The van der Waals surface area contributed by atoms with E-state index in [0.717, 1.165) is 0 Å². The number of halogens is 3. The second-order valence-corrected chi connectivity index (χ2v) is 4.46. The Hall–Kier alpha value is -1.76. The Balaban J connectivity index is 2.39. The number of hydrogen-bond acceptors (Lipinski definition) is 2. The van der Waals surface area contributed by atoms with Gasteiger partial charge in [-0.25, -0.2) is 4.39 Å². The number of nitriles is 1. The van der Waals surface area contributed by atoms with Gasteiger partial charge in [-0.1, -0.05) is 23.2 Å². The van der Waals surface area contributed by atoms with Gasteiger partial charge in [0.2, 0.25) is 0 Å². The summed E-state index contributed by atoms with van der Waals surface area (Å²) in [5.41, 5.74) is 1.38. The highest BCUT2D eigenvalue weighted by Gasteiger charge is 2.05. The highest BCUT2D eigenvalue weighted by atomic mass is 35.5. The molecule has 2 nitrogen and oxygen atoms in total. The van der Waals surface area contributed by atoms with Crippen molar-refractivity contribution in [2.45, 2.75) is 0 Å². The quantitative estimate of drug-likeness (QED) is 0.862. The van der Waals surface area contributed by atoms with E-state index in [-0.39, 0.29) is 5.02 Å². The van der Waals surface area contributed by atoms with Gasteiger partial charge in [-0.2, -0.15) is 5.26 Å². The summed E-state index contributed by atoms with van der Waals surface area (Å²) >= 11 is 11.6. The highest BCUT2D eigenvalue weighted by molar-refractivity contribution is 6.31. The van der Waals surface area contributed by atoms with Crippen LogP contribution in [-0.4, -0.2) is 0 Å². The van der Waals surface area contributed by atoms with E-state index in [4.69, 9.17) is 28.5 Å². The number of nitrogens with zero attached hydrogens (tertiary/aromatic N) is 1. The average molecular weight is 281 g/mol. The van der Waals surface area contributed by atoms with Gasteiger partial charge in [-0.15, -0.1) is 0 Å². The number of rotatable bonds is 2. The van der Waals surface area contributed by atoms with Crippen LogP contribution in [0.4, 0.5) is 15.8 Å². The maximum Gasteiger partial charge on any atom is 0.126 e. The lowest BCUT2D eigenvalue weighted by Crippen LogP contribution is -1.94. The fourth-order valence-corrected chi connectivity index (χ4v) is 1.89. The van der Waals surface area contributed by atoms with E-state index in [1.807, 2.05) is 6.07 Å². The third-order valence-electron chi connectivity index (χ3n) is 2.24. The summed E-state index contributed by atoms with van der Waals surface area (Å²) in [7, 11) is 0. The second-order valence-electron chi connectivity index (χ2n) is 3.58. The minimum absolute atomic E-state index is 0.276. The molecular weight excluding hydrogens is 274 g/mol. The Bertz CT molecular complexity index is 615. The molecule has 0 atom stereocenters. The van der Waals surface area contributed by atoms with Gasteiger partial charge < -0.3 is 5.32 Å². The summed E-state index contributed by atoms with van der Waals surface area (Å²) in [5, 5.41) is 12.6. The van der Waals surface area contributed by atoms with Crippen LogP contribution in [-0.2, 0) is 0 Å². The first-order valence-corrected chi connectivity index (χ1v) is 5.77. The molecule has 90 valence electrons. The molecule has 0 saturated carbocycles. The number of nitrogens with one attached hydrogen (secondary N) is 1. The third kappa shape index (κ3) is 2.92. The smallest absolute Gasteiger partial charge is 0.126 e. The molecule has 0 heterocycles. The molecule has 0 fully saturated rings. The standard InChI is InChI=1S/C13H7Cl2FN2/c14-9-2-1-8(7-17)13(5-9)18-12-4-10(15)3-11(16)6-12/h1-6,18H. The maximum absolute atomic E-state index is 13.2. The molecule has 0 aliphatic heterocycles. The van der Waals surface area contributed by atoms with Gasteiger partial charge in [0.25, 0.3) is 0 Å². The van der Waals surface area contributed by atoms with Crippen LogP contribution in [0.25, 0.3) is 0 Å². The first-order valence-electron chi connectivity index (χ1n) is 5.01. The van der Waals surface area contributed by atoms with Crippen LogP contribution in [0.5, 0.6) is 0 Å². The van der Waals surface area contributed by atoms with Gasteiger partial charge in [0.1, 0.15) is 11.9 Å². The molecule has 0 radical (unpaired) electrons. The van der Waals surface area contributed by atoms with Crippen molar-refractivity contribution in [1.82, 2.24) is 0 Å². The molecule has 2 rings (SSSR count). The highest BCUT2D eigenvalue weighted by Crippen LogP contribution is 2.26. The van der Waals surface area contributed by atoms with Crippen LogP contribution in [0.3, 0.4) is 0 Å². The van der Waals surface area contributed by atoms with Crippen LogP contribution in [0.1, 0.15) is 5.56 Å². The Kier molecular flexibility index (Phi) is 3.71. The number of anilines is 2. The van der Waals surface area contributed by atoms with Gasteiger partial charge in [0.15, 0.2) is 0 Å². The molecule has 0 aliphatic rings. The fourth-order valence-electron chi connectivity index (χ4n) is 1.50. The molecule has 0 aliphatic carbocycles. The summed E-state index contributed by atoms with van der Waals surface area (Å²) in [6.07, 6.45) is 0. The van der Waals surface area contributed by atoms with Crippen LogP contribution in [0.15, 0.2) is 36.4 Å². The zero-order valence-electron chi connectivity index (χ0n) is 9.05. The molecule has 0 amide bonds. The van der Waals surface area contributed by atoms with Crippen molar-refractivity contribution in [2.24, 2.45) is 0 Å². The molecule has 0 bridgehead atoms. The van der Waals surface area contributed by atoms with Gasteiger partial charge in [0, 0.05) is 15.7 Å². The predicted octanol–water partition coefficient (Wildman–Crippen LogP) is 4.75. The van der Waals surface area contributed by atoms with Gasteiger partial charge in [-0.3, -0.25) is 0 Å². The van der Waals surface area contributed by atoms with Crippen LogP contribution >= 0.6 is 23.2 Å². The van der Waals surface area contributed by atoms with Crippen molar-refractivity contribution in [1.29, 1.82) is 5.26 Å². The van der Waals surface area contributed by atoms with Crippen molar-refractivity contribution in [3.63, 3.8) is 0 Å². The zero-order valence-corrected chi connectivity index (χ0v) is 10.6. The van der Waals surface area contributed by atoms with Crippen molar-refractivity contribution in [2.75, 3.05) is 5.32 Å².